The molecule has 0 aliphatic heterocycles. The molecule has 0 saturated heterocycles. The number of allylic oxidation sites excluding steroid dienone is 1. The number of aliphatic hydroxyl groups is 1. The van der Waals surface area contributed by atoms with Crippen LogP contribution in [0.2, 0.25) is 0 Å². The van der Waals surface area contributed by atoms with Gasteiger partial charge >= 0.3 is 0 Å². The quantitative estimate of drug-likeness (QED) is 0.842. The largest absolute Gasteiger partial charge is 0.497 e. The van der Waals surface area contributed by atoms with Gasteiger partial charge in [-0.3, -0.25) is 0 Å². The first-order chi connectivity index (χ1) is 8.95. The van der Waals surface area contributed by atoms with Crippen molar-refractivity contribution in [3.63, 3.8) is 0 Å². The van der Waals surface area contributed by atoms with Crippen LogP contribution in [0.5, 0.6) is 5.75 Å². The molecule has 0 amide bonds. The van der Waals surface area contributed by atoms with E-state index < -0.39 is 0 Å². The Morgan fingerprint density at radius 2 is 1.95 bits per heavy atom. The molecule has 0 spiro atoms. The first-order valence-corrected chi connectivity index (χ1v) is 6.94. The van der Waals surface area contributed by atoms with E-state index in [1.165, 1.54) is 11.1 Å². The zero-order chi connectivity index (χ0) is 14.0. The Balaban J connectivity index is 2.17. The summed E-state index contributed by atoms with van der Waals surface area (Å²) in [7, 11) is 1.68. The van der Waals surface area contributed by atoms with Gasteiger partial charge in [-0.2, -0.15) is 0 Å². The maximum absolute atomic E-state index is 10.2. The predicted molar refractivity (Wildman–Crippen MR) is 78.3 cm³/mol. The number of aliphatic hydroxyl groups excluding tert-OH is 1. The van der Waals surface area contributed by atoms with E-state index in [0.717, 1.165) is 25.0 Å². The third-order valence-electron chi connectivity index (χ3n) is 4.59. The summed E-state index contributed by atoms with van der Waals surface area (Å²) in [5.41, 5.74) is 2.44. The van der Waals surface area contributed by atoms with E-state index in [9.17, 15) is 5.11 Å². The third-order valence-corrected chi connectivity index (χ3v) is 4.59. The third kappa shape index (κ3) is 2.84. The Bertz CT molecular complexity index is 445. The number of rotatable bonds is 3. The minimum atomic E-state index is -0.235. The maximum atomic E-state index is 10.2. The number of benzene rings is 1. The molecule has 104 valence electrons. The van der Waals surface area contributed by atoms with E-state index in [1.54, 1.807) is 7.11 Å². The molecular formula is C17H24O2. The summed E-state index contributed by atoms with van der Waals surface area (Å²) < 4.78 is 5.18. The summed E-state index contributed by atoms with van der Waals surface area (Å²) in [5, 5.41) is 10.2. The van der Waals surface area contributed by atoms with Gasteiger partial charge in [0.25, 0.3) is 0 Å². The van der Waals surface area contributed by atoms with Gasteiger partial charge in [-0.1, -0.05) is 38.1 Å². The molecule has 19 heavy (non-hydrogen) atoms. The van der Waals surface area contributed by atoms with Crippen molar-refractivity contribution in [2.45, 2.75) is 39.2 Å². The van der Waals surface area contributed by atoms with Crippen molar-refractivity contribution in [3.8, 4) is 5.75 Å². The van der Waals surface area contributed by atoms with Gasteiger partial charge in [0.05, 0.1) is 13.2 Å². The summed E-state index contributed by atoms with van der Waals surface area (Å²) in [6, 6.07) is 8.18. The van der Waals surface area contributed by atoms with Crippen LogP contribution >= 0.6 is 0 Å². The standard InChI is InChI=1S/C17H24O2/c1-12-5-10-16(18)17(2,3)15(12)11-13-6-8-14(19-4)9-7-13/h6-9,15-16,18H,1,5,10-11H2,2-4H3/t15-,16+/m1/s1. The fourth-order valence-corrected chi connectivity index (χ4v) is 3.03. The first kappa shape index (κ1) is 14.1. The lowest BCUT2D eigenvalue weighted by Gasteiger charge is -2.44. The zero-order valence-corrected chi connectivity index (χ0v) is 12.1. The van der Waals surface area contributed by atoms with Crippen molar-refractivity contribution in [2.24, 2.45) is 11.3 Å². The fraction of sp³-hybridized carbons (Fsp3) is 0.529. The van der Waals surface area contributed by atoms with Gasteiger partial charge in [0.15, 0.2) is 0 Å². The predicted octanol–water partition coefficient (Wildman–Crippen LogP) is 3.59. The smallest absolute Gasteiger partial charge is 0.118 e. The highest BCUT2D eigenvalue weighted by Crippen LogP contribution is 2.44. The highest BCUT2D eigenvalue weighted by Gasteiger charge is 2.40. The minimum Gasteiger partial charge on any atom is -0.497 e. The van der Waals surface area contributed by atoms with Crippen LogP contribution < -0.4 is 4.74 Å². The SMILES string of the molecule is C=C1CC[C@H](O)C(C)(C)[C@@H]1Cc1ccc(OC)cc1. The van der Waals surface area contributed by atoms with Crippen molar-refractivity contribution < 1.29 is 9.84 Å². The van der Waals surface area contributed by atoms with Crippen LogP contribution in [-0.4, -0.2) is 18.3 Å². The van der Waals surface area contributed by atoms with E-state index in [0.29, 0.717) is 5.92 Å². The van der Waals surface area contributed by atoms with Crippen molar-refractivity contribution in [2.75, 3.05) is 7.11 Å². The lowest BCUT2D eigenvalue weighted by molar-refractivity contribution is -0.00632. The second-order valence-corrected chi connectivity index (χ2v) is 6.14. The highest BCUT2D eigenvalue weighted by atomic mass is 16.5. The van der Waals surface area contributed by atoms with E-state index in [2.05, 4.69) is 32.6 Å². The van der Waals surface area contributed by atoms with Crippen LogP contribution in [0.3, 0.4) is 0 Å². The molecule has 0 radical (unpaired) electrons. The second-order valence-electron chi connectivity index (χ2n) is 6.14. The summed E-state index contributed by atoms with van der Waals surface area (Å²) in [6.07, 6.45) is 2.48. The molecule has 1 aromatic rings. The number of methoxy groups -OCH3 is 1. The molecular weight excluding hydrogens is 236 g/mol. The average Bonchev–Trinajstić information content (AvgIpc) is 2.40. The van der Waals surface area contributed by atoms with Crippen molar-refractivity contribution in [1.29, 1.82) is 0 Å². The Labute approximate surface area is 116 Å². The molecule has 1 fully saturated rings. The van der Waals surface area contributed by atoms with Crippen molar-refractivity contribution in [1.82, 2.24) is 0 Å². The molecule has 2 rings (SSSR count). The Morgan fingerprint density at radius 1 is 1.32 bits per heavy atom. The Morgan fingerprint density at radius 3 is 2.53 bits per heavy atom. The lowest BCUT2D eigenvalue weighted by atomic mass is 9.63. The van der Waals surface area contributed by atoms with Crippen LogP contribution in [0.25, 0.3) is 0 Å². The minimum absolute atomic E-state index is 0.102. The number of ether oxygens (including phenoxy) is 1. The molecule has 1 N–H and O–H groups in total. The number of hydrogen-bond acceptors (Lipinski definition) is 2. The van der Waals surface area contributed by atoms with Gasteiger partial charge in [-0.05, 0) is 48.3 Å². The summed E-state index contributed by atoms with van der Waals surface area (Å²) >= 11 is 0. The van der Waals surface area contributed by atoms with Crippen molar-refractivity contribution >= 4 is 0 Å². The fourth-order valence-electron chi connectivity index (χ4n) is 3.03. The first-order valence-electron chi connectivity index (χ1n) is 6.94. The van der Waals surface area contributed by atoms with Gasteiger partial charge in [0, 0.05) is 0 Å². The highest BCUT2D eigenvalue weighted by molar-refractivity contribution is 5.29. The van der Waals surface area contributed by atoms with Gasteiger partial charge in [-0.15, -0.1) is 0 Å². The second kappa shape index (κ2) is 5.38. The normalized spacial score (nSPS) is 26.2. The molecule has 1 saturated carbocycles. The van der Waals surface area contributed by atoms with Crippen LogP contribution in [0.1, 0.15) is 32.3 Å². The molecule has 0 aromatic heterocycles. The van der Waals surface area contributed by atoms with Crippen LogP contribution in [0, 0.1) is 11.3 Å². The van der Waals surface area contributed by atoms with E-state index in [-0.39, 0.29) is 11.5 Å². The summed E-state index contributed by atoms with van der Waals surface area (Å²) in [4.78, 5) is 0. The van der Waals surface area contributed by atoms with E-state index in [4.69, 9.17) is 4.74 Å². The molecule has 1 aromatic carbocycles. The summed E-state index contributed by atoms with van der Waals surface area (Å²) in [6.45, 7) is 8.52. The molecule has 1 aliphatic carbocycles. The van der Waals surface area contributed by atoms with Crippen LogP contribution in [-0.2, 0) is 6.42 Å². The van der Waals surface area contributed by atoms with Gasteiger partial charge in [0.2, 0.25) is 0 Å². The molecule has 0 unspecified atom stereocenters. The molecule has 1 aliphatic rings. The van der Waals surface area contributed by atoms with Crippen molar-refractivity contribution in [3.05, 3.63) is 42.0 Å². The van der Waals surface area contributed by atoms with Gasteiger partial charge in [-0.25, -0.2) is 0 Å². The molecule has 2 atom stereocenters. The molecule has 2 heteroatoms. The summed E-state index contributed by atoms with van der Waals surface area (Å²) in [5.74, 6) is 1.22. The lowest BCUT2D eigenvalue weighted by Crippen LogP contribution is -2.42. The number of hydrogen-bond donors (Lipinski definition) is 1. The van der Waals surface area contributed by atoms with Gasteiger partial charge < -0.3 is 9.84 Å². The molecule has 0 heterocycles. The van der Waals surface area contributed by atoms with Crippen LogP contribution in [0.15, 0.2) is 36.4 Å². The zero-order valence-electron chi connectivity index (χ0n) is 12.1. The Hall–Kier alpha value is -1.28. The van der Waals surface area contributed by atoms with Gasteiger partial charge in [0.1, 0.15) is 5.75 Å². The monoisotopic (exact) mass is 260 g/mol. The maximum Gasteiger partial charge on any atom is 0.118 e. The van der Waals surface area contributed by atoms with Crippen LogP contribution in [0.4, 0.5) is 0 Å². The average molecular weight is 260 g/mol. The Kier molecular flexibility index (Phi) is 4.00. The molecule has 2 nitrogen and oxygen atoms in total. The topological polar surface area (TPSA) is 29.5 Å². The molecule has 0 bridgehead atoms. The van der Waals surface area contributed by atoms with E-state index >= 15 is 0 Å². The van der Waals surface area contributed by atoms with E-state index in [1.807, 2.05) is 12.1 Å².